The van der Waals surface area contributed by atoms with Crippen molar-refractivity contribution in [1.82, 2.24) is 5.32 Å². The average molecular weight is 315 g/mol. The number of hydrogen-bond donors (Lipinski definition) is 1. The number of carbonyl (C=O) groups is 1. The quantitative estimate of drug-likeness (QED) is 0.853. The summed E-state index contributed by atoms with van der Waals surface area (Å²) in [6.45, 7) is 0.513. The van der Waals surface area contributed by atoms with Gasteiger partial charge >= 0.3 is 0 Å². The lowest BCUT2D eigenvalue weighted by Gasteiger charge is -2.10. The van der Waals surface area contributed by atoms with Crippen LogP contribution in [0.3, 0.4) is 0 Å². The number of methoxy groups -OCH3 is 3. The van der Waals surface area contributed by atoms with Gasteiger partial charge < -0.3 is 19.5 Å². The Morgan fingerprint density at radius 3 is 2.22 bits per heavy atom. The van der Waals surface area contributed by atoms with E-state index in [4.69, 9.17) is 14.2 Å². The summed E-state index contributed by atoms with van der Waals surface area (Å²) in [5.74, 6) is 1.82. The van der Waals surface area contributed by atoms with Crippen LogP contribution in [0.1, 0.15) is 15.9 Å². The third kappa shape index (κ3) is 4.39. The van der Waals surface area contributed by atoms with Crippen molar-refractivity contribution in [2.24, 2.45) is 0 Å². The first kappa shape index (κ1) is 16.7. The molecule has 0 fully saturated rings. The van der Waals surface area contributed by atoms with Gasteiger partial charge in [0.25, 0.3) is 5.91 Å². The van der Waals surface area contributed by atoms with Crippen LogP contribution in [0.15, 0.2) is 42.5 Å². The molecule has 0 aliphatic carbocycles. The molecule has 0 unspecified atom stereocenters. The van der Waals surface area contributed by atoms with E-state index in [0.29, 0.717) is 30.0 Å². The summed E-state index contributed by atoms with van der Waals surface area (Å²) in [4.78, 5) is 12.3. The van der Waals surface area contributed by atoms with E-state index in [2.05, 4.69) is 5.32 Å². The zero-order valence-corrected chi connectivity index (χ0v) is 13.6. The smallest absolute Gasteiger partial charge is 0.251 e. The molecule has 1 amide bonds. The summed E-state index contributed by atoms with van der Waals surface area (Å²) in [5, 5.41) is 2.90. The predicted molar refractivity (Wildman–Crippen MR) is 88.6 cm³/mol. The average Bonchev–Trinajstić information content (AvgIpc) is 2.61. The second-order valence-electron chi connectivity index (χ2n) is 4.92. The Labute approximate surface area is 136 Å². The molecule has 0 heterocycles. The zero-order valence-electron chi connectivity index (χ0n) is 13.6. The Morgan fingerprint density at radius 1 is 0.957 bits per heavy atom. The highest BCUT2D eigenvalue weighted by Crippen LogP contribution is 2.22. The second-order valence-corrected chi connectivity index (χ2v) is 4.92. The van der Waals surface area contributed by atoms with Gasteiger partial charge in [0.05, 0.1) is 21.3 Å². The molecule has 122 valence electrons. The lowest BCUT2D eigenvalue weighted by Crippen LogP contribution is -2.25. The molecule has 0 spiro atoms. The van der Waals surface area contributed by atoms with E-state index in [9.17, 15) is 4.79 Å². The molecular weight excluding hydrogens is 294 g/mol. The van der Waals surface area contributed by atoms with Gasteiger partial charge in [-0.1, -0.05) is 18.2 Å². The number of ether oxygens (including phenoxy) is 3. The van der Waals surface area contributed by atoms with E-state index in [0.717, 1.165) is 11.3 Å². The van der Waals surface area contributed by atoms with Crippen molar-refractivity contribution in [1.29, 1.82) is 0 Å². The molecule has 0 bridgehead atoms. The molecule has 5 nitrogen and oxygen atoms in total. The molecule has 1 N–H and O–H groups in total. The van der Waals surface area contributed by atoms with E-state index in [-0.39, 0.29) is 5.91 Å². The fraction of sp³-hybridized carbons (Fsp3) is 0.278. The Bertz CT molecular complexity index is 648. The number of rotatable bonds is 7. The van der Waals surface area contributed by atoms with Gasteiger partial charge in [-0.2, -0.15) is 0 Å². The van der Waals surface area contributed by atoms with Gasteiger partial charge in [-0.25, -0.2) is 0 Å². The molecule has 0 atom stereocenters. The van der Waals surface area contributed by atoms with Gasteiger partial charge in [-0.05, 0) is 30.2 Å². The Balaban J connectivity index is 1.99. The number of amides is 1. The fourth-order valence-corrected chi connectivity index (χ4v) is 2.26. The summed E-state index contributed by atoms with van der Waals surface area (Å²) < 4.78 is 15.7. The lowest BCUT2D eigenvalue weighted by atomic mass is 10.1. The highest BCUT2D eigenvalue weighted by molar-refractivity contribution is 5.95. The first-order valence-corrected chi connectivity index (χ1v) is 7.31. The third-order valence-corrected chi connectivity index (χ3v) is 3.49. The van der Waals surface area contributed by atoms with Gasteiger partial charge in [-0.15, -0.1) is 0 Å². The van der Waals surface area contributed by atoms with Crippen molar-refractivity contribution >= 4 is 5.91 Å². The molecule has 5 heteroatoms. The number of nitrogens with one attached hydrogen (secondary N) is 1. The SMILES string of the molecule is COc1cc(OC)cc(C(=O)NCCc2ccccc2OC)c1. The van der Waals surface area contributed by atoms with Crippen molar-refractivity contribution in [3.8, 4) is 17.2 Å². The monoisotopic (exact) mass is 315 g/mol. The number of benzene rings is 2. The maximum Gasteiger partial charge on any atom is 0.251 e. The van der Waals surface area contributed by atoms with Crippen LogP contribution in [0.2, 0.25) is 0 Å². The summed E-state index contributed by atoms with van der Waals surface area (Å²) in [7, 11) is 4.75. The van der Waals surface area contributed by atoms with Crippen molar-refractivity contribution in [3.63, 3.8) is 0 Å². The molecule has 0 aliphatic heterocycles. The Kier molecular flexibility index (Phi) is 5.86. The van der Waals surface area contributed by atoms with Crippen LogP contribution >= 0.6 is 0 Å². The molecule has 2 rings (SSSR count). The first-order chi connectivity index (χ1) is 11.2. The number of para-hydroxylation sites is 1. The van der Waals surface area contributed by atoms with Crippen LogP contribution < -0.4 is 19.5 Å². The molecule has 2 aromatic rings. The number of hydrogen-bond acceptors (Lipinski definition) is 4. The standard InChI is InChI=1S/C18H21NO4/c1-21-15-10-14(11-16(12-15)22-2)18(20)19-9-8-13-6-4-5-7-17(13)23-3/h4-7,10-12H,8-9H2,1-3H3,(H,19,20). The third-order valence-electron chi connectivity index (χ3n) is 3.49. The molecule has 23 heavy (non-hydrogen) atoms. The largest absolute Gasteiger partial charge is 0.497 e. The van der Waals surface area contributed by atoms with E-state index < -0.39 is 0 Å². The maximum atomic E-state index is 12.3. The van der Waals surface area contributed by atoms with Gasteiger partial charge in [0.1, 0.15) is 17.2 Å². The van der Waals surface area contributed by atoms with Gasteiger partial charge in [0.15, 0.2) is 0 Å². The van der Waals surface area contributed by atoms with Crippen LogP contribution in [0, 0.1) is 0 Å². The van der Waals surface area contributed by atoms with Crippen molar-refractivity contribution in [3.05, 3.63) is 53.6 Å². The summed E-state index contributed by atoms with van der Waals surface area (Å²) >= 11 is 0. The van der Waals surface area contributed by atoms with Crippen LogP contribution in [-0.2, 0) is 6.42 Å². The van der Waals surface area contributed by atoms with Crippen LogP contribution in [0.5, 0.6) is 17.2 Å². The topological polar surface area (TPSA) is 56.8 Å². The normalized spacial score (nSPS) is 10.0. The first-order valence-electron chi connectivity index (χ1n) is 7.31. The second kappa shape index (κ2) is 8.08. The van der Waals surface area contributed by atoms with Crippen LogP contribution in [0.25, 0.3) is 0 Å². The highest BCUT2D eigenvalue weighted by atomic mass is 16.5. The minimum Gasteiger partial charge on any atom is -0.497 e. The fourth-order valence-electron chi connectivity index (χ4n) is 2.26. The minimum absolute atomic E-state index is 0.169. The summed E-state index contributed by atoms with van der Waals surface area (Å²) in [6, 6.07) is 12.9. The Hall–Kier alpha value is -2.69. The molecule has 0 saturated carbocycles. The minimum atomic E-state index is -0.169. The predicted octanol–water partition coefficient (Wildman–Crippen LogP) is 2.68. The van der Waals surface area contributed by atoms with Crippen LogP contribution in [0.4, 0.5) is 0 Å². The molecule has 0 saturated heterocycles. The van der Waals surface area contributed by atoms with Crippen molar-refractivity contribution < 1.29 is 19.0 Å². The van der Waals surface area contributed by atoms with Gasteiger partial charge in [-0.3, -0.25) is 4.79 Å². The van der Waals surface area contributed by atoms with Crippen molar-refractivity contribution in [2.45, 2.75) is 6.42 Å². The summed E-state index contributed by atoms with van der Waals surface area (Å²) in [5.41, 5.74) is 1.56. The summed E-state index contributed by atoms with van der Waals surface area (Å²) in [6.07, 6.45) is 0.691. The molecule has 2 aromatic carbocycles. The highest BCUT2D eigenvalue weighted by Gasteiger charge is 2.10. The van der Waals surface area contributed by atoms with Crippen LogP contribution in [-0.4, -0.2) is 33.8 Å². The van der Waals surface area contributed by atoms with Gasteiger partial charge in [0.2, 0.25) is 0 Å². The lowest BCUT2D eigenvalue weighted by molar-refractivity contribution is 0.0953. The van der Waals surface area contributed by atoms with Crippen molar-refractivity contribution in [2.75, 3.05) is 27.9 Å². The zero-order chi connectivity index (χ0) is 16.7. The number of carbonyl (C=O) groups excluding carboxylic acids is 1. The Morgan fingerprint density at radius 2 is 1.61 bits per heavy atom. The van der Waals surface area contributed by atoms with E-state index >= 15 is 0 Å². The van der Waals surface area contributed by atoms with E-state index in [1.807, 2.05) is 24.3 Å². The molecule has 0 radical (unpaired) electrons. The van der Waals surface area contributed by atoms with E-state index in [1.165, 1.54) is 0 Å². The van der Waals surface area contributed by atoms with Gasteiger partial charge in [0, 0.05) is 18.2 Å². The maximum absolute atomic E-state index is 12.3. The van der Waals surface area contributed by atoms with E-state index in [1.54, 1.807) is 39.5 Å². The molecule has 0 aliphatic rings. The molecule has 0 aromatic heterocycles. The molecular formula is C18H21NO4.